The van der Waals surface area contributed by atoms with Gasteiger partial charge in [-0.1, -0.05) is 60.7 Å². The lowest BCUT2D eigenvalue weighted by molar-refractivity contribution is -0.122. The number of hydrogen-bond acceptors (Lipinski definition) is 4. The summed E-state index contributed by atoms with van der Waals surface area (Å²) in [5.74, 6) is -1.29. The normalized spacial score (nSPS) is 14.7. The monoisotopic (exact) mass is 443 g/mol. The zero-order chi connectivity index (χ0) is 20.1. The summed E-state index contributed by atoms with van der Waals surface area (Å²) in [6, 6.07) is 6.24. The molecule has 5 nitrogen and oxygen atoms in total. The van der Waals surface area contributed by atoms with Gasteiger partial charge in [0.1, 0.15) is 21.7 Å². The van der Waals surface area contributed by atoms with Gasteiger partial charge in [-0.05, 0) is 30.4 Å². The van der Waals surface area contributed by atoms with Crippen LogP contribution in [0.5, 0.6) is 0 Å². The van der Waals surface area contributed by atoms with Crippen molar-refractivity contribution in [1.29, 1.82) is 0 Å². The summed E-state index contributed by atoms with van der Waals surface area (Å²) in [5, 5.41) is 3.02. The van der Waals surface area contributed by atoms with Crippen molar-refractivity contribution in [2.45, 2.75) is 44.7 Å². The van der Waals surface area contributed by atoms with Gasteiger partial charge in [0, 0.05) is 18.2 Å². The third-order valence-electron chi connectivity index (χ3n) is 4.71. The number of nitrogens with one attached hydrogen (secondary N) is 1. The van der Waals surface area contributed by atoms with E-state index in [0.29, 0.717) is 5.56 Å². The molecule has 1 N–H and O–H groups in total. The number of benzene rings is 1. The maximum Gasteiger partial charge on any atom is 0.275 e. The third kappa shape index (κ3) is 5.21. The van der Waals surface area contributed by atoms with E-state index in [9.17, 15) is 14.0 Å². The van der Waals surface area contributed by atoms with Gasteiger partial charge in [-0.3, -0.25) is 9.59 Å². The Morgan fingerprint density at radius 3 is 2.57 bits per heavy atom. The molecular formula is C19H20Cl2FN3O2S. The molecule has 0 atom stereocenters. The maximum atomic E-state index is 14.1. The highest BCUT2D eigenvalue weighted by atomic mass is 35.5. The molecule has 2 amide bonds. The molecule has 150 valence electrons. The predicted octanol–water partition coefficient (Wildman–Crippen LogP) is 4.68. The lowest BCUT2D eigenvalue weighted by atomic mass is 9.95. The Morgan fingerprint density at radius 2 is 1.93 bits per heavy atom. The summed E-state index contributed by atoms with van der Waals surface area (Å²) >= 11 is 12.9. The average molecular weight is 444 g/mol. The van der Waals surface area contributed by atoms with E-state index in [1.54, 1.807) is 18.2 Å². The second kappa shape index (κ2) is 9.67. The van der Waals surface area contributed by atoms with Crippen LogP contribution in [0.2, 0.25) is 9.36 Å². The van der Waals surface area contributed by atoms with Gasteiger partial charge in [0.2, 0.25) is 5.91 Å². The summed E-state index contributed by atoms with van der Waals surface area (Å²) in [7, 11) is 0. The number of carbonyl (C=O) groups is 2. The molecule has 0 aliphatic heterocycles. The van der Waals surface area contributed by atoms with Crippen LogP contribution in [-0.4, -0.2) is 33.7 Å². The van der Waals surface area contributed by atoms with Crippen LogP contribution in [0.4, 0.5) is 4.39 Å². The first-order chi connectivity index (χ1) is 13.5. The molecule has 1 aromatic carbocycles. The van der Waals surface area contributed by atoms with Crippen molar-refractivity contribution >= 4 is 46.5 Å². The molecule has 0 radical (unpaired) electrons. The molecule has 1 saturated carbocycles. The lowest BCUT2D eigenvalue weighted by Gasteiger charge is -2.26. The summed E-state index contributed by atoms with van der Waals surface area (Å²) in [5.41, 5.74) is 0.275. The van der Waals surface area contributed by atoms with Crippen LogP contribution in [0.1, 0.15) is 48.2 Å². The number of amides is 2. The van der Waals surface area contributed by atoms with Crippen molar-refractivity contribution in [2.75, 3.05) is 6.54 Å². The Bertz CT molecular complexity index is 855. The fraction of sp³-hybridized carbons (Fsp3) is 0.421. The number of nitrogens with zero attached hydrogens (tertiary/aromatic N) is 2. The fourth-order valence-corrected chi connectivity index (χ4v) is 4.25. The minimum atomic E-state index is -0.560. The van der Waals surface area contributed by atoms with Crippen LogP contribution in [0, 0.1) is 5.82 Å². The van der Waals surface area contributed by atoms with E-state index >= 15 is 0 Å². The van der Waals surface area contributed by atoms with Crippen molar-refractivity contribution in [3.8, 4) is 0 Å². The van der Waals surface area contributed by atoms with Crippen LogP contribution >= 0.6 is 34.7 Å². The highest BCUT2D eigenvalue weighted by Crippen LogP contribution is 2.30. The van der Waals surface area contributed by atoms with E-state index < -0.39 is 11.7 Å². The Labute approximate surface area is 177 Å². The average Bonchev–Trinajstić information content (AvgIpc) is 3.02. The Balaban J connectivity index is 1.77. The van der Waals surface area contributed by atoms with Gasteiger partial charge in [-0.15, -0.1) is 0 Å². The molecule has 1 aromatic heterocycles. The summed E-state index contributed by atoms with van der Waals surface area (Å²) in [4.78, 5) is 26.7. The molecule has 28 heavy (non-hydrogen) atoms. The summed E-state index contributed by atoms with van der Waals surface area (Å²) in [6.45, 7) is -0.287. The molecule has 2 aromatic rings. The number of hydrogen-bond donors (Lipinski definition) is 1. The minimum absolute atomic E-state index is 0.0292. The van der Waals surface area contributed by atoms with Crippen molar-refractivity contribution in [3.63, 3.8) is 0 Å². The van der Waals surface area contributed by atoms with Gasteiger partial charge < -0.3 is 10.2 Å². The molecule has 1 fully saturated rings. The van der Waals surface area contributed by atoms with E-state index in [2.05, 4.69) is 9.69 Å². The van der Waals surface area contributed by atoms with Crippen molar-refractivity contribution in [1.82, 2.24) is 14.6 Å². The maximum absolute atomic E-state index is 14.1. The predicted molar refractivity (Wildman–Crippen MR) is 108 cm³/mol. The first kappa shape index (κ1) is 21.0. The lowest BCUT2D eigenvalue weighted by Crippen LogP contribution is -2.44. The van der Waals surface area contributed by atoms with E-state index in [4.69, 9.17) is 23.2 Å². The zero-order valence-corrected chi connectivity index (χ0v) is 17.4. The van der Waals surface area contributed by atoms with Crippen LogP contribution in [-0.2, 0) is 11.3 Å². The fourth-order valence-electron chi connectivity index (χ4n) is 3.27. The van der Waals surface area contributed by atoms with Gasteiger partial charge in [-0.25, -0.2) is 4.39 Å². The SMILES string of the molecule is O=C(CN(Cc1ccccc1F)C(=O)c1nsc(Cl)c1Cl)NC1CCCCC1. The molecule has 0 saturated heterocycles. The quantitative estimate of drug-likeness (QED) is 0.704. The second-order valence-electron chi connectivity index (χ2n) is 6.77. The molecule has 1 aliphatic carbocycles. The van der Waals surface area contributed by atoms with Crippen molar-refractivity contribution in [2.24, 2.45) is 0 Å². The number of carbonyl (C=O) groups excluding carboxylic acids is 2. The minimum Gasteiger partial charge on any atom is -0.352 e. The first-order valence-corrected chi connectivity index (χ1v) is 10.6. The smallest absolute Gasteiger partial charge is 0.275 e. The Hall–Kier alpha value is -1.70. The number of halogens is 3. The Kier molecular flexibility index (Phi) is 7.26. The van der Waals surface area contributed by atoms with Crippen molar-refractivity contribution in [3.05, 3.63) is 50.7 Å². The van der Waals surface area contributed by atoms with Crippen LogP contribution in [0.3, 0.4) is 0 Å². The largest absolute Gasteiger partial charge is 0.352 e. The van der Waals surface area contributed by atoms with Gasteiger partial charge in [0.25, 0.3) is 5.91 Å². The van der Waals surface area contributed by atoms with Gasteiger partial charge in [-0.2, -0.15) is 4.37 Å². The van der Waals surface area contributed by atoms with Crippen LogP contribution < -0.4 is 5.32 Å². The first-order valence-electron chi connectivity index (χ1n) is 9.08. The van der Waals surface area contributed by atoms with Crippen LogP contribution in [0.25, 0.3) is 0 Å². The summed E-state index contributed by atoms with van der Waals surface area (Å²) < 4.78 is 18.3. The third-order valence-corrected chi connectivity index (χ3v) is 6.32. The molecule has 1 heterocycles. The molecule has 0 unspecified atom stereocenters. The van der Waals surface area contributed by atoms with E-state index in [1.807, 2.05) is 0 Å². The van der Waals surface area contributed by atoms with Crippen LogP contribution in [0.15, 0.2) is 24.3 Å². The molecule has 0 bridgehead atoms. The van der Waals surface area contributed by atoms with E-state index in [0.717, 1.165) is 37.2 Å². The number of rotatable bonds is 6. The Morgan fingerprint density at radius 1 is 1.21 bits per heavy atom. The van der Waals surface area contributed by atoms with Gasteiger partial charge in [0.15, 0.2) is 5.69 Å². The molecule has 9 heteroatoms. The van der Waals surface area contributed by atoms with Gasteiger partial charge in [0.05, 0.1) is 0 Å². The van der Waals surface area contributed by atoms with E-state index in [-0.39, 0.29) is 40.1 Å². The molecule has 0 spiro atoms. The highest BCUT2D eigenvalue weighted by molar-refractivity contribution is 7.11. The van der Waals surface area contributed by atoms with Crippen molar-refractivity contribution < 1.29 is 14.0 Å². The molecule has 3 rings (SSSR count). The number of aromatic nitrogens is 1. The summed E-state index contributed by atoms with van der Waals surface area (Å²) in [6.07, 6.45) is 5.19. The van der Waals surface area contributed by atoms with E-state index in [1.165, 1.54) is 17.4 Å². The standard InChI is InChI=1S/C19H20Cl2FN3O2S/c20-16-17(24-28-18(16)21)19(27)25(10-12-6-4-5-9-14(12)22)11-15(26)23-13-7-2-1-3-8-13/h4-6,9,13H,1-3,7-8,10-11H2,(H,23,26). The molecule has 1 aliphatic rings. The van der Waals surface area contributed by atoms with Gasteiger partial charge >= 0.3 is 0 Å². The second-order valence-corrected chi connectivity index (χ2v) is 8.53. The molecular weight excluding hydrogens is 424 g/mol. The zero-order valence-electron chi connectivity index (χ0n) is 15.1. The topological polar surface area (TPSA) is 62.3 Å². The highest BCUT2D eigenvalue weighted by Gasteiger charge is 2.27.